The molecule has 0 aliphatic carbocycles. The topological polar surface area (TPSA) is 53.1 Å². The van der Waals surface area contributed by atoms with Gasteiger partial charge in [0.2, 0.25) is 5.91 Å². The lowest BCUT2D eigenvalue weighted by molar-refractivity contribution is -0.117. The van der Waals surface area contributed by atoms with Gasteiger partial charge >= 0.3 is 0 Å². The van der Waals surface area contributed by atoms with Crippen LogP contribution in [0.25, 0.3) is 0 Å². The average Bonchev–Trinajstić information content (AvgIpc) is 3.42. The Morgan fingerprint density at radius 2 is 2.21 bits per heavy atom. The van der Waals surface area contributed by atoms with Gasteiger partial charge in [0.25, 0.3) is 5.91 Å². The maximum Gasteiger partial charge on any atom is 0.254 e. The van der Waals surface area contributed by atoms with E-state index in [1.165, 1.54) is 0 Å². The van der Waals surface area contributed by atoms with Gasteiger partial charge in [0.05, 0.1) is 18.2 Å². The van der Waals surface area contributed by atoms with Crippen molar-refractivity contribution in [2.24, 2.45) is 11.8 Å². The number of carbonyl (C=O) groups excluding carboxylic acids is 2. The molecular weight excluding hydrogens is 354 g/mol. The molecule has 2 amide bonds. The van der Waals surface area contributed by atoms with Gasteiger partial charge in [-0.05, 0) is 51.6 Å². The lowest BCUT2D eigenvalue weighted by Gasteiger charge is -2.30. The summed E-state index contributed by atoms with van der Waals surface area (Å²) in [6.45, 7) is 3.24. The van der Waals surface area contributed by atoms with Crippen molar-refractivity contribution >= 4 is 17.5 Å². The monoisotopic (exact) mass is 383 g/mol. The summed E-state index contributed by atoms with van der Waals surface area (Å²) in [4.78, 5) is 31.4. The second kappa shape index (κ2) is 6.56. The van der Waals surface area contributed by atoms with Crippen LogP contribution in [-0.4, -0.2) is 73.6 Å². The van der Waals surface area contributed by atoms with Crippen LogP contribution in [0.5, 0.6) is 0 Å². The summed E-state index contributed by atoms with van der Waals surface area (Å²) in [7, 11) is 4.23. The van der Waals surface area contributed by atoms with Crippen LogP contribution < -0.4 is 4.90 Å². The summed E-state index contributed by atoms with van der Waals surface area (Å²) < 4.78 is 6.46. The highest BCUT2D eigenvalue weighted by molar-refractivity contribution is 5.99. The van der Waals surface area contributed by atoms with Gasteiger partial charge in [-0.25, -0.2) is 0 Å². The molecule has 5 rings (SSSR count). The number of likely N-dealkylation sites (tertiary alicyclic amines) is 1. The highest BCUT2D eigenvalue weighted by Crippen LogP contribution is 2.55. The van der Waals surface area contributed by atoms with E-state index in [2.05, 4.69) is 19.0 Å². The molecule has 1 spiro atoms. The molecule has 0 saturated carbocycles. The fourth-order valence-electron chi connectivity index (χ4n) is 5.92. The summed E-state index contributed by atoms with van der Waals surface area (Å²) in [5.74, 6) is 1.15. The Morgan fingerprint density at radius 3 is 2.96 bits per heavy atom. The Labute approximate surface area is 166 Å². The molecule has 150 valence electrons. The van der Waals surface area contributed by atoms with Gasteiger partial charge in [-0.1, -0.05) is 6.07 Å². The van der Waals surface area contributed by atoms with Gasteiger partial charge in [0, 0.05) is 49.1 Å². The van der Waals surface area contributed by atoms with Gasteiger partial charge < -0.3 is 19.4 Å². The Morgan fingerprint density at radius 1 is 1.36 bits per heavy atom. The second-order valence-electron chi connectivity index (χ2n) is 9.18. The SMILES string of the molecule is CN(C)C[C@H]1[C@@H]2CC[C@@]3(CN(C(=O)c4cccc(N5CCCC5=O)c4)C[C@@H]13)O2. The van der Waals surface area contributed by atoms with Crippen LogP contribution in [0, 0.1) is 11.8 Å². The Hall–Kier alpha value is -1.92. The third-order valence-corrected chi connectivity index (χ3v) is 7.13. The van der Waals surface area contributed by atoms with Crippen molar-refractivity contribution in [3.05, 3.63) is 29.8 Å². The van der Waals surface area contributed by atoms with E-state index in [0.717, 1.165) is 44.6 Å². The lowest BCUT2D eigenvalue weighted by Crippen LogP contribution is -2.40. The normalized spacial score (nSPS) is 34.0. The summed E-state index contributed by atoms with van der Waals surface area (Å²) in [6.07, 6.45) is 4.02. The van der Waals surface area contributed by atoms with Crippen LogP contribution >= 0.6 is 0 Å². The van der Waals surface area contributed by atoms with E-state index < -0.39 is 0 Å². The van der Waals surface area contributed by atoms with Gasteiger partial charge in [-0.15, -0.1) is 0 Å². The molecule has 0 aromatic heterocycles. The van der Waals surface area contributed by atoms with Gasteiger partial charge in [-0.3, -0.25) is 9.59 Å². The van der Waals surface area contributed by atoms with Crippen molar-refractivity contribution in [3.8, 4) is 0 Å². The van der Waals surface area contributed by atoms with Crippen LogP contribution in [0.2, 0.25) is 0 Å². The summed E-state index contributed by atoms with van der Waals surface area (Å²) in [5, 5.41) is 0. The number of nitrogens with zero attached hydrogens (tertiary/aromatic N) is 3. The van der Waals surface area contributed by atoms with Gasteiger partial charge in [0.1, 0.15) is 0 Å². The van der Waals surface area contributed by atoms with Crippen molar-refractivity contribution in [2.45, 2.75) is 37.4 Å². The second-order valence-corrected chi connectivity index (χ2v) is 9.18. The van der Waals surface area contributed by atoms with Crippen LogP contribution in [0.15, 0.2) is 24.3 Å². The largest absolute Gasteiger partial charge is 0.369 e. The standard InChI is InChI=1S/C22H29N3O3/c1-23(2)12-17-18-13-24(14-22(18)9-8-19(17)28-22)21(27)15-5-3-6-16(11-15)25-10-4-7-20(25)26/h3,5-6,11,17-19H,4,7-10,12-14H2,1-2H3/t17-,18+,19+,22+/m1/s1. The smallest absolute Gasteiger partial charge is 0.254 e. The fourth-order valence-corrected chi connectivity index (χ4v) is 5.92. The van der Waals surface area contributed by atoms with Crippen molar-refractivity contribution in [1.82, 2.24) is 9.80 Å². The molecule has 0 N–H and O–H groups in total. The molecule has 4 aliphatic heterocycles. The third-order valence-electron chi connectivity index (χ3n) is 7.13. The fraction of sp³-hybridized carbons (Fsp3) is 0.636. The minimum Gasteiger partial charge on any atom is -0.369 e. The van der Waals surface area contributed by atoms with Crippen LogP contribution in [0.1, 0.15) is 36.0 Å². The van der Waals surface area contributed by atoms with Crippen molar-refractivity contribution in [3.63, 3.8) is 0 Å². The first-order chi connectivity index (χ1) is 13.5. The number of hydrogen-bond acceptors (Lipinski definition) is 4. The van der Waals surface area contributed by atoms with Crippen molar-refractivity contribution in [1.29, 1.82) is 0 Å². The molecule has 4 heterocycles. The Bertz CT molecular complexity index is 810. The quantitative estimate of drug-likeness (QED) is 0.798. The van der Waals surface area contributed by atoms with E-state index in [4.69, 9.17) is 4.74 Å². The number of ether oxygens (including phenoxy) is 1. The molecule has 4 atom stereocenters. The maximum atomic E-state index is 13.3. The number of fused-ring (bicyclic) bond motifs is 1. The zero-order valence-electron chi connectivity index (χ0n) is 16.8. The molecule has 4 aliphatic rings. The first-order valence-corrected chi connectivity index (χ1v) is 10.5. The van der Waals surface area contributed by atoms with E-state index in [0.29, 0.717) is 36.5 Å². The van der Waals surface area contributed by atoms with E-state index in [9.17, 15) is 9.59 Å². The van der Waals surface area contributed by atoms with E-state index in [-0.39, 0.29) is 17.4 Å². The zero-order valence-corrected chi connectivity index (χ0v) is 16.8. The van der Waals surface area contributed by atoms with Gasteiger partial charge in [-0.2, -0.15) is 0 Å². The Balaban J connectivity index is 1.35. The molecule has 6 heteroatoms. The predicted octanol–water partition coefficient (Wildman–Crippen LogP) is 1.99. The van der Waals surface area contributed by atoms with Gasteiger partial charge in [0.15, 0.2) is 0 Å². The molecule has 4 fully saturated rings. The molecule has 2 bridgehead atoms. The predicted molar refractivity (Wildman–Crippen MR) is 106 cm³/mol. The molecule has 1 aromatic rings. The zero-order chi connectivity index (χ0) is 19.5. The molecule has 0 radical (unpaired) electrons. The van der Waals surface area contributed by atoms with Crippen LogP contribution in [0.3, 0.4) is 0 Å². The third kappa shape index (κ3) is 2.77. The minimum absolute atomic E-state index is 0.0629. The number of amides is 2. The molecule has 1 aromatic carbocycles. The minimum atomic E-state index is -0.135. The molecule has 28 heavy (non-hydrogen) atoms. The van der Waals surface area contributed by atoms with E-state index >= 15 is 0 Å². The summed E-state index contributed by atoms with van der Waals surface area (Å²) in [6, 6.07) is 7.57. The van der Waals surface area contributed by atoms with E-state index in [1.54, 1.807) is 4.90 Å². The molecule has 6 nitrogen and oxygen atoms in total. The molecular formula is C22H29N3O3. The van der Waals surface area contributed by atoms with Crippen molar-refractivity contribution < 1.29 is 14.3 Å². The molecule has 0 unspecified atom stereocenters. The average molecular weight is 383 g/mol. The highest BCUT2D eigenvalue weighted by Gasteiger charge is 2.63. The summed E-state index contributed by atoms with van der Waals surface area (Å²) in [5.41, 5.74) is 1.38. The first kappa shape index (κ1) is 18.1. The maximum absolute atomic E-state index is 13.3. The lowest BCUT2D eigenvalue weighted by atomic mass is 9.73. The number of benzene rings is 1. The summed E-state index contributed by atoms with van der Waals surface area (Å²) >= 11 is 0. The van der Waals surface area contributed by atoms with Crippen LogP contribution in [-0.2, 0) is 9.53 Å². The number of carbonyl (C=O) groups is 2. The van der Waals surface area contributed by atoms with Crippen molar-refractivity contribution in [2.75, 3.05) is 45.2 Å². The van der Waals surface area contributed by atoms with E-state index in [1.807, 2.05) is 29.2 Å². The number of rotatable bonds is 4. The first-order valence-electron chi connectivity index (χ1n) is 10.5. The molecule has 4 saturated heterocycles. The number of anilines is 1. The highest BCUT2D eigenvalue weighted by atomic mass is 16.5. The Kier molecular flexibility index (Phi) is 4.25. The van der Waals surface area contributed by atoms with Crippen LogP contribution in [0.4, 0.5) is 5.69 Å². The number of hydrogen-bond donors (Lipinski definition) is 0.